The fourth-order valence-corrected chi connectivity index (χ4v) is 2.32. The average Bonchev–Trinajstić information content (AvgIpc) is 2.27. The molecular weight excluding hydrogens is 200 g/mol. The Kier molecular flexibility index (Phi) is 5.26. The van der Waals surface area contributed by atoms with Gasteiger partial charge in [-0.1, -0.05) is 27.2 Å². The zero-order chi connectivity index (χ0) is 12.0. The van der Waals surface area contributed by atoms with Crippen LogP contribution in [-0.2, 0) is 4.79 Å². The number of carbonyl (C=O) groups excluding carboxylic acids is 1. The van der Waals surface area contributed by atoms with Crippen LogP contribution in [0.2, 0.25) is 0 Å². The predicted molar refractivity (Wildman–Crippen MR) is 67.3 cm³/mol. The van der Waals surface area contributed by atoms with E-state index in [-0.39, 0.29) is 17.2 Å². The zero-order valence-electron chi connectivity index (χ0n) is 10.9. The molecule has 0 radical (unpaired) electrons. The molecule has 1 heterocycles. The van der Waals surface area contributed by atoms with Crippen molar-refractivity contribution in [3.8, 4) is 0 Å². The molecule has 0 aliphatic carbocycles. The van der Waals surface area contributed by atoms with E-state index in [1.807, 2.05) is 0 Å². The molecule has 2 N–H and O–H groups in total. The maximum absolute atomic E-state index is 11.9. The second-order valence-corrected chi connectivity index (χ2v) is 5.66. The molecule has 3 heteroatoms. The van der Waals surface area contributed by atoms with Crippen LogP contribution >= 0.6 is 0 Å². The van der Waals surface area contributed by atoms with Gasteiger partial charge < -0.3 is 10.6 Å². The van der Waals surface area contributed by atoms with E-state index < -0.39 is 0 Å². The first kappa shape index (κ1) is 13.5. The summed E-state index contributed by atoms with van der Waals surface area (Å²) in [7, 11) is 0. The van der Waals surface area contributed by atoms with E-state index in [4.69, 9.17) is 0 Å². The molecule has 1 rings (SSSR count). The van der Waals surface area contributed by atoms with Crippen LogP contribution in [0.25, 0.3) is 0 Å². The van der Waals surface area contributed by atoms with Gasteiger partial charge in [0.25, 0.3) is 0 Å². The number of rotatable bonds is 5. The molecular formula is C13H26N2O. The van der Waals surface area contributed by atoms with Crippen molar-refractivity contribution in [2.45, 2.75) is 46.5 Å². The van der Waals surface area contributed by atoms with Crippen molar-refractivity contribution in [2.24, 2.45) is 11.3 Å². The van der Waals surface area contributed by atoms with Gasteiger partial charge in [0.1, 0.15) is 0 Å². The summed E-state index contributed by atoms with van der Waals surface area (Å²) in [5.41, 5.74) is 0.233. The molecule has 0 saturated carbocycles. The van der Waals surface area contributed by atoms with Crippen LogP contribution in [0, 0.1) is 11.3 Å². The van der Waals surface area contributed by atoms with Crippen molar-refractivity contribution < 1.29 is 4.79 Å². The lowest BCUT2D eigenvalue weighted by Crippen LogP contribution is -2.41. The van der Waals surface area contributed by atoms with Crippen LogP contribution in [0.4, 0.5) is 0 Å². The first-order valence-electron chi connectivity index (χ1n) is 6.53. The van der Waals surface area contributed by atoms with E-state index in [1.54, 1.807) is 0 Å². The van der Waals surface area contributed by atoms with Crippen LogP contribution in [0.5, 0.6) is 0 Å². The lowest BCUT2D eigenvalue weighted by Gasteiger charge is -2.27. The maximum atomic E-state index is 11.9. The van der Waals surface area contributed by atoms with Crippen molar-refractivity contribution in [3.63, 3.8) is 0 Å². The van der Waals surface area contributed by atoms with Crippen molar-refractivity contribution >= 4 is 5.91 Å². The molecule has 1 fully saturated rings. The SMILES string of the molecule is CCCC(C)(C)CNC(=O)C1CCNCC1. The molecule has 1 saturated heterocycles. The predicted octanol–water partition coefficient (Wildman–Crippen LogP) is 1.93. The van der Waals surface area contributed by atoms with Crippen molar-refractivity contribution in [2.75, 3.05) is 19.6 Å². The lowest BCUT2D eigenvalue weighted by atomic mass is 9.87. The van der Waals surface area contributed by atoms with E-state index >= 15 is 0 Å². The van der Waals surface area contributed by atoms with Gasteiger partial charge >= 0.3 is 0 Å². The van der Waals surface area contributed by atoms with Crippen LogP contribution in [0.1, 0.15) is 46.5 Å². The maximum Gasteiger partial charge on any atom is 0.223 e. The summed E-state index contributed by atoms with van der Waals surface area (Å²) >= 11 is 0. The van der Waals surface area contributed by atoms with Gasteiger partial charge in [0.15, 0.2) is 0 Å². The molecule has 94 valence electrons. The Hall–Kier alpha value is -0.570. The molecule has 0 bridgehead atoms. The summed E-state index contributed by atoms with van der Waals surface area (Å²) < 4.78 is 0. The Morgan fingerprint density at radius 2 is 2.00 bits per heavy atom. The Morgan fingerprint density at radius 1 is 1.38 bits per heavy atom. The summed E-state index contributed by atoms with van der Waals surface area (Å²) in [4.78, 5) is 11.9. The fraction of sp³-hybridized carbons (Fsp3) is 0.923. The highest BCUT2D eigenvalue weighted by Crippen LogP contribution is 2.21. The number of nitrogens with one attached hydrogen (secondary N) is 2. The van der Waals surface area contributed by atoms with E-state index in [9.17, 15) is 4.79 Å². The van der Waals surface area contributed by atoms with Crippen molar-refractivity contribution in [3.05, 3.63) is 0 Å². The first-order chi connectivity index (χ1) is 7.55. The van der Waals surface area contributed by atoms with Crippen molar-refractivity contribution in [1.29, 1.82) is 0 Å². The Bertz CT molecular complexity index is 220. The highest BCUT2D eigenvalue weighted by Gasteiger charge is 2.23. The number of hydrogen-bond donors (Lipinski definition) is 2. The van der Waals surface area contributed by atoms with Gasteiger partial charge in [-0.05, 0) is 37.8 Å². The van der Waals surface area contributed by atoms with Gasteiger partial charge in [-0.3, -0.25) is 4.79 Å². The smallest absolute Gasteiger partial charge is 0.223 e. The zero-order valence-corrected chi connectivity index (χ0v) is 10.9. The normalized spacial score (nSPS) is 18.4. The second kappa shape index (κ2) is 6.24. The summed E-state index contributed by atoms with van der Waals surface area (Å²) in [6, 6.07) is 0. The molecule has 16 heavy (non-hydrogen) atoms. The number of carbonyl (C=O) groups is 1. The molecule has 1 aliphatic rings. The van der Waals surface area contributed by atoms with Crippen molar-refractivity contribution in [1.82, 2.24) is 10.6 Å². The van der Waals surface area contributed by atoms with Gasteiger partial charge in [-0.2, -0.15) is 0 Å². The highest BCUT2D eigenvalue weighted by atomic mass is 16.1. The van der Waals surface area contributed by atoms with E-state index in [0.717, 1.165) is 32.5 Å². The summed E-state index contributed by atoms with van der Waals surface area (Å²) in [5, 5.41) is 6.39. The molecule has 1 aliphatic heterocycles. The monoisotopic (exact) mass is 226 g/mol. The van der Waals surface area contributed by atoms with Crippen LogP contribution in [0.15, 0.2) is 0 Å². The molecule has 1 amide bonds. The summed E-state index contributed by atoms with van der Waals surface area (Å²) in [6.07, 6.45) is 4.32. The van der Waals surface area contributed by atoms with Crippen LogP contribution in [-0.4, -0.2) is 25.5 Å². The molecule has 0 spiro atoms. The number of piperidine rings is 1. The minimum Gasteiger partial charge on any atom is -0.355 e. The number of hydrogen-bond acceptors (Lipinski definition) is 2. The third-order valence-electron chi connectivity index (χ3n) is 3.38. The fourth-order valence-electron chi connectivity index (χ4n) is 2.32. The van der Waals surface area contributed by atoms with E-state index in [1.165, 1.54) is 12.8 Å². The van der Waals surface area contributed by atoms with Gasteiger partial charge in [0.05, 0.1) is 0 Å². The Morgan fingerprint density at radius 3 is 2.56 bits per heavy atom. The summed E-state index contributed by atoms with van der Waals surface area (Å²) in [6.45, 7) is 9.41. The van der Waals surface area contributed by atoms with Gasteiger partial charge in [-0.25, -0.2) is 0 Å². The molecule has 0 atom stereocenters. The molecule has 0 unspecified atom stereocenters. The van der Waals surface area contributed by atoms with E-state index in [0.29, 0.717) is 0 Å². The van der Waals surface area contributed by atoms with Gasteiger partial charge in [-0.15, -0.1) is 0 Å². The quantitative estimate of drug-likeness (QED) is 0.752. The largest absolute Gasteiger partial charge is 0.355 e. The average molecular weight is 226 g/mol. The minimum atomic E-state index is 0.233. The van der Waals surface area contributed by atoms with Gasteiger partial charge in [0.2, 0.25) is 5.91 Å². The Labute approximate surface area is 99.4 Å². The van der Waals surface area contributed by atoms with E-state index in [2.05, 4.69) is 31.4 Å². The summed E-state index contributed by atoms with van der Waals surface area (Å²) in [5.74, 6) is 0.490. The standard InChI is InChI=1S/C13H26N2O/c1-4-7-13(2,3)10-15-12(16)11-5-8-14-9-6-11/h11,14H,4-10H2,1-3H3,(H,15,16). The highest BCUT2D eigenvalue weighted by molar-refractivity contribution is 5.78. The first-order valence-corrected chi connectivity index (χ1v) is 6.53. The third-order valence-corrected chi connectivity index (χ3v) is 3.38. The molecule has 3 nitrogen and oxygen atoms in total. The van der Waals surface area contributed by atoms with Crippen LogP contribution in [0.3, 0.4) is 0 Å². The lowest BCUT2D eigenvalue weighted by molar-refractivity contribution is -0.126. The van der Waals surface area contributed by atoms with Crippen LogP contribution < -0.4 is 10.6 Å². The molecule has 0 aromatic rings. The van der Waals surface area contributed by atoms with Gasteiger partial charge in [0, 0.05) is 12.5 Å². The number of amides is 1. The molecule has 0 aromatic carbocycles. The molecule has 0 aromatic heterocycles. The third kappa shape index (κ3) is 4.52. The second-order valence-electron chi connectivity index (χ2n) is 5.66. The Balaban J connectivity index is 2.28. The topological polar surface area (TPSA) is 41.1 Å². The minimum absolute atomic E-state index is 0.233.